The first kappa shape index (κ1) is 30.5. The zero-order valence-electron chi connectivity index (χ0n) is 21.9. The third-order valence-corrected chi connectivity index (χ3v) is 5.12. The molecule has 0 aliphatic carbocycles. The summed E-state index contributed by atoms with van der Waals surface area (Å²) in [7, 11) is 0. The molecule has 0 saturated carbocycles. The van der Waals surface area contributed by atoms with E-state index in [4.69, 9.17) is 19.3 Å². The van der Waals surface area contributed by atoms with Crippen molar-refractivity contribution in [2.45, 2.75) is 65.3 Å². The van der Waals surface area contributed by atoms with Crippen molar-refractivity contribution in [1.29, 1.82) is 0 Å². The number of aryl methyl sites for hydroxylation is 2. The topological polar surface area (TPSA) is 103 Å². The summed E-state index contributed by atoms with van der Waals surface area (Å²) in [4.78, 5) is 20.3. The van der Waals surface area contributed by atoms with Crippen LogP contribution >= 0.6 is 0 Å². The Morgan fingerprint density at radius 3 is 2.35 bits per heavy atom. The lowest BCUT2D eigenvalue weighted by Crippen LogP contribution is -2.34. The number of amides is 1. The highest BCUT2D eigenvalue weighted by Gasteiger charge is 2.33. The normalized spacial score (nSPS) is 12.9. The van der Waals surface area contributed by atoms with Crippen molar-refractivity contribution < 1.29 is 37.3 Å². The van der Waals surface area contributed by atoms with Crippen LogP contribution in [0.2, 0.25) is 0 Å². The lowest BCUT2D eigenvalue weighted by atomic mass is 9.99. The molecule has 37 heavy (non-hydrogen) atoms. The largest absolute Gasteiger partial charge is 0.444 e. The molecule has 1 amide bonds. The van der Waals surface area contributed by atoms with Gasteiger partial charge in [0.05, 0.1) is 38.2 Å². The van der Waals surface area contributed by atoms with Gasteiger partial charge in [-0.1, -0.05) is 0 Å². The summed E-state index contributed by atoms with van der Waals surface area (Å²) in [6.07, 6.45) is -2.89. The lowest BCUT2D eigenvalue weighted by molar-refractivity contribution is -0.141. The van der Waals surface area contributed by atoms with Crippen LogP contribution in [0.25, 0.3) is 11.1 Å². The minimum Gasteiger partial charge on any atom is -0.444 e. The van der Waals surface area contributed by atoms with Gasteiger partial charge in [-0.15, -0.1) is 0 Å². The van der Waals surface area contributed by atoms with Crippen molar-refractivity contribution in [1.82, 2.24) is 15.3 Å². The number of aromatic nitrogens is 2. The van der Waals surface area contributed by atoms with Gasteiger partial charge in [-0.05, 0) is 76.8 Å². The van der Waals surface area contributed by atoms with Crippen LogP contribution in [-0.2, 0) is 26.8 Å². The van der Waals surface area contributed by atoms with Crippen molar-refractivity contribution in [3.8, 4) is 11.1 Å². The monoisotopic (exact) mass is 527 g/mol. The first-order chi connectivity index (χ1) is 17.3. The molecule has 0 aromatic carbocycles. The Kier molecular flexibility index (Phi) is 11.3. The molecule has 0 saturated heterocycles. The van der Waals surface area contributed by atoms with Gasteiger partial charge in [0.1, 0.15) is 11.3 Å². The maximum absolute atomic E-state index is 13.6. The number of halogens is 3. The van der Waals surface area contributed by atoms with Crippen molar-refractivity contribution in [2.75, 3.05) is 33.0 Å². The number of carbonyl (C=O) groups is 1. The SMILES string of the molecule is Cc1cc([C@H](C)NC(=O)OC(C)(C)C)ncc1-c1cc(CCCOCCOCCO)nc(C(F)(F)F)c1. The maximum Gasteiger partial charge on any atom is 0.433 e. The Balaban J connectivity index is 2.14. The summed E-state index contributed by atoms with van der Waals surface area (Å²) in [5.74, 6) is 0. The van der Waals surface area contributed by atoms with E-state index >= 15 is 0 Å². The number of ether oxygens (including phenoxy) is 3. The summed E-state index contributed by atoms with van der Waals surface area (Å²) in [6, 6.07) is 3.92. The number of aliphatic hydroxyl groups is 1. The molecule has 0 spiro atoms. The Hall–Kier alpha value is -2.76. The average molecular weight is 528 g/mol. The van der Waals surface area contributed by atoms with E-state index < -0.39 is 29.6 Å². The first-order valence-corrected chi connectivity index (χ1v) is 12.1. The van der Waals surface area contributed by atoms with Crippen molar-refractivity contribution >= 4 is 6.09 Å². The summed E-state index contributed by atoms with van der Waals surface area (Å²) in [5, 5.41) is 11.4. The third kappa shape index (κ3) is 10.6. The number of carbonyl (C=O) groups excluding carboxylic acids is 1. The van der Waals surface area contributed by atoms with E-state index in [1.807, 2.05) is 0 Å². The average Bonchev–Trinajstić information content (AvgIpc) is 2.78. The van der Waals surface area contributed by atoms with Crippen LogP contribution in [0.1, 0.15) is 62.8 Å². The number of rotatable bonds is 12. The summed E-state index contributed by atoms with van der Waals surface area (Å²) < 4.78 is 56.5. The molecular weight excluding hydrogens is 491 g/mol. The molecule has 8 nitrogen and oxygen atoms in total. The number of alkyl halides is 3. The molecule has 2 aromatic heterocycles. The van der Waals surface area contributed by atoms with Gasteiger partial charge >= 0.3 is 12.3 Å². The molecular formula is C26H36F3N3O5. The second-order valence-corrected chi connectivity index (χ2v) is 9.57. The minimum absolute atomic E-state index is 0.0662. The van der Waals surface area contributed by atoms with Gasteiger partial charge in [-0.25, -0.2) is 9.78 Å². The second kappa shape index (κ2) is 13.7. The Labute approximate surface area is 215 Å². The quantitative estimate of drug-likeness (QED) is 0.374. The van der Waals surface area contributed by atoms with E-state index in [1.165, 1.54) is 6.20 Å². The number of hydrogen-bond donors (Lipinski definition) is 2. The van der Waals surface area contributed by atoms with Crippen molar-refractivity contribution in [3.05, 3.63) is 47.0 Å². The van der Waals surface area contributed by atoms with Crippen molar-refractivity contribution in [3.63, 3.8) is 0 Å². The fraction of sp³-hybridized carbons (Fsp3) is 0.577. The van der Waals surface area contributed by atoms with Gasteiger partial charge in [-0.3, -0.25) is 4.98 Å². The smallest absolute Gasteiger partial charge is 0.433 e. The van der Waals surface area contributed by atoms with Crippen LogP contribution in [0.4, 0.5) is 18.0 Å². The summed E-state index contributed by atoms with van der Waals surface area (Å²) in [5.41, 5.74) is 0.847. The van der Waals surface area contributed by atoms with Gasteiger partial charge in [0.25, 0.3) is 0 Å². The second-order valence-electron chi connectivity index (χ2n) is 9.57. The molecule has 206 valence electrons. The molecule has 0 aliphatic rings. The Morgan fingerprint density at radius 1 is 1.08 bits per heavy atom. The maximum atomic E-state index is 13.6. The highest BCUT2D eigenvalue weighted by Crippen LogP contribution is 2.33. The van der Waals surface area contributed by atoms with Gasteiger partial charge in [-0.2, -0.15) is 13.2 Å². The number of alkyl carbamates (subject to hydrolysis) is 1. The number of hydrogen-bond acceptors (Lipinski definition) is 7. The van der Waals surface area contributed by atoms with Gasteiger partial charge in [0.2, 0.25) is 0 Å². The number of pyridine rings is 2. The van der Waals surface area contributed by atoms with Crippen molar-refractivity contribution in [2.24, 2.45) is 0 Å². The van der Waals surface area contributed by atoms with E-state index in [0.29, 0.717) is 60.7 Å². The fourth-order valence-corrected chi connectivity index (χ4v) is 3.43. The highest BCUT2D eigenvalue weighted by atomic mass is 19.4. The zero-order chi connectivity index (χ0) is 27.6. The molecule has 2 heterocycles. The van der Waals surface area contributed by atoms with Crippen LogP contribution in [0, 0.1) is 6.92 Å². The van der Waals surface area contributed by atoms with Crippen LogP contribution in [0.5, 0.6) is 0 Å². The van der Waals surface area contributed by atoms with Crippen LogP contribution in [0.15, 0.2) is 24.4 Å². The molecule has 0 unspecified atom stereocenters. The Morgan fingerprint density at radius 2 is 1.76 bits per heavy atom. The first-order valence-electron chi connectivity index (χ1n) is 12.1. The summed E-state index contributed by atoms with van der Waals surface area (Å²) in [6.45, 7) is 9.98. The molecule has 0 fully saturated rings. The molecule has 0 aliphatic heterocycles. The van der Waals surface area contributed by atoms with E-state index in [0.717, 1.165) is 6.07 Å². The fourth-order valence-electron chi connectivity index (χ4n) is 3.43. The lowest BCUT2D eigenvalue weighted by Gasteiger charge is -2.22. The molecule has 1 atom stereocenters. The van der Waals surface area contributed by atoms with Crippen LogP contribution in [-0.4, -0.2) is 59.8 Å². The molecule has 0 bridgehead atoms. The molecule has 11 heteroatoms. The highest BCUT2D eigenvalue weighted by molar-refractivity contribution is 5.69. The third-order valence-electron chi connectivity index (χ3n) is 5.12. The molecule has 2 N–H and O–H groups in total. The predicted octanol–water partition coefficient (Wildman–Crippen LogP) is 5.01. The number of nitrogens with one attached hydrogen (secondary N) is 1. The molecule has 2 rings (SSSR count). The minimum atomic E-state index is -4.60. The predicted molar refractivity (Wildman–Crippen MR) is 132 cm³/mol. The van der Waals surface area contributed by atoms with Crippen LogP contribution < -0.4 is 5.32 Å². The molecule has 0 radical (unpaired) electrons. The molecule has 2 aromatic rings. The number of nitrogens with zero attached hydrogens (tertiary/aromatic N) is 2. The van der Waals surface area contributed by atoms with E-state index in [-0.39, 0.29) is 13.2 Å². The Bertz CT molecular complexity index is 1030. The number of aliphatic hydroxyl groups excluding tert-OH is 1. The van der Waals surface area contributed by atoms with E-state index in [2.05, 4.69) is 15.3 Å². The van der Waals surface area contributed by atoms with Gasteiger partial charge < -0.3 is 24.6 Å². The van der Waals surface area contributed by atoms with E-state index in [9.17, 15) is 18.0 Å². The van der Waals surface area contributed by atoms with Gasteiger partial charge in [0.15, 0.2) is 0 Å². The van der Waals surface area contributed by atoms with Crippen LogP contribution in [0.3, 0.4) is 0 Å². The van der Waals surface area contributed by atoms with Gasteiger partial charge in [0, 0.05) is 24.1 Å². The summed E-state index contributed by atoms with van der Waals surface area (Å²) >= 11 is 0. The van der Waals surface area contributed by atoms with E-state index in [1.54, 1.807) is 46.8 Å². The standard InChI is InChI=1S/C26H36F3N3O5/c1-17-13-22(18(2)31-24(34)37-25(3,4)5)30-16-21(17)19-14-20(32-23(15-19)26(27,28)29)7-6-9-35-11-12-36-10-8-33/h13-16,18,33H,6-12H2,1-5H3,(H,31,34)/t18-/m0/s1. The zero-order valence-corrected chi connectivity index (χ0v) is 21.9.